The summed E-state index contributed by atoms with van der Waals surface area (Å²) in [6.07, 6.45) is 0.230. The van der Waals surface area contributed by atoms with E-state index in [9.17, 15) is 10.1 Å². The van der Waals surface area contributed by atoms with Gasteiger partial charge in [0.15, 0.2) is 0 Å². The Kier molecular flexibility index (Phi) is 4.05. The van der Waals surface area contributed by atoms with Crippen molar-refractivity contribution < 1.29 is 14.8 Å². The van der Waals surface area contributed by atoms with E-state index in [2.05, 4.69) is 0 Å². The van der Waals surface area contributed by atoms with Crippen molar-refractivity contribution in [2.24, 2.45) is 0 Å². The number of aliphatic hydroxyl groups excluding tert-OH is 1. The Labute approximate surface area is 87.5 Å². The molecular formula is C10H13NO4. The van der Waals surface area contributed by atoms with Crippen LogP contribution in [0.5, 0.6) is 5.75 Å². The highest BCUT2D eigenvalue weighted by molar-refractivity contribution is 5.27. The molecular weight excluding hydrogens is 198 g/mol. The van der Waals surface area contributed by atoms with Crippen LogP contribution in [0.15, 0.2) is 24.3 Å². The van der Waals surface area contributed by atoms with E-state index in [0.29, 0.717) is 5.75 Å². The molecule has 0 aliphatic rings. The van der Waals surface area contributed by atoms with Crippen molar-refractivity contribution in [2.45, 2.75) is 12.5 Å². The average Bonchev–Trinajstić information content (AvgIpc) is 2.26. The molecule has 0 saturated heterocycles. The fraction of sp³-hybridized carbons (Fsp3) is 0.400. The highest BCUT2D eigenvalue weighted by Gasteiger charge is 2.18. The third-order valence-electron chi connectivity index (χ3n) is 2.14. The number of hydrogen-bond acceptors (Lipinski definition) is 4. The molecule has 0 fully saturated rings. The first-order valence-corrected chi connectivity index (χ1v) is 4.54. The molecule has 0 radical (unpaired) electrons. The van der Waals surface area contributed by atoms with Gasteiger partial charge in [0.1, 0.15) is 12.4 Å². The van der Waals surface area contributed by atoms with Crippen LogP contribution in [0.3, 0.4) is 0 Å². The molecule has 0 bridgehead atoms. The van der Waals surface area contributed by atoms with E-state index in [4.69, 9.17) is 9.84 Å². The van der Waals surface area contributed by atoms with Crippen molar-refractivity contribution >= 4 is 0 Å². The largest absolute Gasteiger partial charge is 0.497 e. The Hall–Kier alpha value is -1.62. The van der Waals surface area contributed by atoms with Gasteiger partial charge in [-0.15, -0.1) is 0 Å². The molecule has 15 heavy (non-hydrogen) atoms. The number of hydrogen-bond donors (Lipinski definition) is 1. The van der Waals surface area contributed by atoms with E-state index in [0.717, 1.165) is 5.56 Å². The lowest BCUT2D eigenvalue weighted by atomic mass is 10.1. The SMILES string of the molecule is COc1ccc(CC(CO)[N+](=O)[O-])cc1. The maximum absolute atomic E-state index is 10.5. The van der Waals surface area contributed by atoms with E-state index in [1.165, 1.54) is 0 Å². The molecule has 0 heterocycles. The van der Waals surface area contributed by atoms with Crippen molar-refractivity contribution in [3.8, 4) is 5.75 Å². The van der Waals surface area contributed by atoms with Gasteiger partial charge in [-0.25, -0.2) is 0 Å². The van der Waals surface area contributed by atoms with Gasteiger partial charge in [-0.3, -0.25) is 10.1 Å². The highest BCUT2D eigenvalue weighted by atomic mass is 16.6. The molecule has 0 amide bonds. The van der Waals surface area contributed by atoms with Crippen LogP contribution in [-0.2, 0) is 6.42 Å². The van der Waals surface area contributed by atoms with Crippen molar-refractivity contribution in [1.29, 1.82) is 0 Å². The molecule has 0 aliphatic heterocycles. The second-order valence-electron chi connectivity index (χ2n) is 3.17. The summed E-state index contributed by atoms with van der Waals surface area (Å²) in [6.45, 7) is -0.445. The van der Waals surface area contributed by atoms with E-state index >= 15 is 0 Å². The predicted molar refractivity (Wildman–Crippen MR) is 54.6 cm³/mol. The maximum Gasteiger partial charge on any atom is 0.239 e. The van der Waals surface area contributed by atoms with Gasteiger partial charge in [-0.2, -0.15) is 0 Å². The molecule has 0 aliphatic carbocycles. The molecule has 5 nitrogen and oxygen atoms in total. The van der Waals surface area contributed by atoms with Crippen LogP contribution in [0.2, 0.25) is 0 Å². The van der Waals surface area contributed by atoms with Crippen molar-refractivity contribution in [3.05, 3.63) is 39.9 Å². The standard InChI is InChI=1S/C10H13NO4/c1-15-10-4-2-8(3-5-10)6-9(7-12)11(13)14/h2-5,9,12H,6-7H2,1H3. The zero-order valence-electron chi connectivity index (χ0n) is 8.42. The van der Waals surface area contributed by atoms with Gasteiger partial charge in [0.05, 0.1) is 7.11 Å². The summed E-state index contributed by atoms with van der Waals surface area (Å²) >= 11 is 0. The summed E-state index contributed by atoms with van der Waals surface area (Å²) in [7, 11) is 1.56. The molecule has 0 saturated carbocycles. The van der Waals surface area contributed by atoms with Gasteiger partial charge >= 0.3 is 0 Å². The lowest BCUT2D eigenvalue weighted by molar-refractivity contribution is -0.525. The number of nitro groups is 1. The molecule has 1 N–H and O–H groups in total. The van der Waals surface area contributed by atoms with Crippen LogP contribution in [0, 0.1) is 10.1 Å². The zero-order chi connectivity index (χ0) is 11.3. The summed E-state index contributed by atoms with van der Waals surface area (Å²) in [5, 5.41) is 19.3. The summed E-state index contributed by atoms with van der Waals surface area (Å²) < 4.78 is 4.96. The summed E-state index contributed by atoms with van der Waals surface area (Å²) in [4.78, 5) is 10.0. The monoisotopic (exact) mass is 211 g/mol. The lowest BCUT2D eigenvalue weighted by Crippen LogP contribution is -2.26. The smallest absolute Gasteiger partial charge is 0.239 e. The molecule has 0 spiro atoms. The summed E-state index contributed by atoms with van der Waals surface area (Å²) in [5.41, 5.74) is 0.812. The number of rotatable bonds is 5. The maximum atomic E-state index is 10.5. The van der Waals surface area contributed by atoms with Crippen LogP contribution >= 0.6 is 0 Å². The Morgan fingerprint density at radius 3 is 2.47 bits per heavy atom. The number of aliphatic hydroxyl groups is 1. The third-order valence-corrected chi connectivity index (χ3v) is 2.14. The molecule has 82 valence electrons. The Morgan fingerprint density at radius 2 is 2.07 bits per heavy atom. The van der Waals surface area contributed by atoms with Gasteiger partial charge in [0, 0.05) is 11.3 Å². The average molecular weight is 211 g/mol. The Balaban J connectivity index is 2.67. The van der Waals surface area contributed by atoms with Gasteiger partial charge < -0.3 is 9.84 Å². The molecule has 1 unspecified atom stereocenters. The van der Waals surface area contributed by atoms with Crippen molar-refractivity contribution in [3.63, 3.8) is 0 Å². The number of methoxy groups -OCH3 is 1. The second kappa shape index (κ2) is 5.31. The Bertz CT molecular complexity index is 323. The van der Waals surface area contributed by atoms with Gasteiger partial charge in [-0.1, -0.05) is 12.1 Å². The zero-order valence-corrected chi connectivity index (χ0v) is 8.42. The second-order valence-corrected chi connectivity index (χ2v) is 3.17. The molecule has 1 rings (SSSR count). The van der Waals surface area contributed by atoms with Crippen LogP contribution in [0.25, 0.3) is 0 Å². The van der Waals surface area contributed by atoms with Crippen LogP contribution in [0.1, 0.15) is 5.56 Å². The summed E-state index contributed by atoms with van der Waals surface area (Å²) in [6, 6.07) is 6.06. The molecule has 0 aromatic heterocycles. The lowest BCUT2D eigenvalue weighted by Gasteiger charge is -2.06. The first-order chi connectivity index (χ1) is 7.17. The minimum absolute atomic E-state index is 0.230. The molecule has 1 aromatic rings. The first kappa shape index (κ1) is 11.5. The van der Waals surface area contributed by atoms with Crippen molar-refractivity contribution in [1.82, 2.24) is 0 Å². The van der Waals surface area contributed by atoms with Gasteiger partial charge in [-0.05, 0) is 17.7 Å². The van der Waals surface area contributed by atoms with Crippen LogP contribution in [-0.4, -0.2) is 29.8 Å². The fourth-order valence-electron chi connectivity index (χ4n) is 1.24. The first-order valence-electron chi connectivity index (χ1n) is 4.54. The molecule has 1 aromatic carbocycles. The molecule has 1 atom stereocenters. The van der Waals surface area contributed by atoms with E-state index in [-0.39, 0.29) is 6.42 Å². The van der Waals surface area contributed by atoms with E-state index in [1.807, 2.05) is 0 Å². The van der Waals surface area contributed by atoms with Gasteiger partial charge in [0.25, 0.3) is 0 Å². The van der Waals surface area contributed by atoms with Crippen LogP contribution in [0.4, 0.5) is 0 Å². The van der Waals surface area contributed by atoms with E-state index < -0.39 is 17.6 Å². The Morgan fingerprint density at radius 1 is 1.47 bits per heavy atom. The fourth-order valence-corrected chi connectivity index (χ4v) is 1.24. The van der Waals surface area contributed by atoms with E-state index in [1.54, 1.807) is 31.4 Å². The minimum Gasteiger partial charge on any atom is -0.497 e. The van der Waals surface area contributed by atoms with Crippen molar-refractivity contribution in [2.75, 3.05) is 13.7 Å². The normalized spacial score (nSPS) is 12.1. The highest BCUT2D eigenvalue weighted by Crippen LogP contribution is 2.13. The topological polar surface area (TPSA) is 72.6 Å². The third kappa shape index (κ3) is 3.21. The number of ether oxygens (including phenoxy) is 1. The quantitative estimate of drug-likeness (QED) is 0.579. The molecule has 5 heteroatoms. The van der Waals surface area contributed by atoms with Crippen LogP contribution < -0.4 is 4.74 Å². The number of nitrogens with zero attached hydrogens (tertiary/aromatic N) is 1. The summed E-state index contributed by atoms with van der Waals surface area (Å²) in [5.74, 6) is 0.709. The van der Waals surface area contributed by atoms with Gasteiger partial charge in [0.2, 0.25) is 6.04 Å². The minimum atomic E-state index is -0.932. The number of benzene rings is 1. The predicted octanol–water partition coefficient (Wildman–Crippen LogP) is 0.875.